The number of aryl methyl sites for hydroxylation is 1. The number of fused-ring (bicyclic) bond motifs is 1. The largest absolute Gasteiger partial charge is 0.353 e. The van der Waals surface area contributed by atoms with Crippen LogP contribution in [-0.2, 0) is 6.42 Å². The van der Waals surface area contributed by atoms with Gasteiger partial charge in [0, 0.05) is 11.9 Å². The van der Waals surface area contributed by atoms with Crippen LogP contribution < -0.4 is 4.90 Å². The standard InChI is InChI=1S/C11H12ClF2N3S/c1-3-6-4-7-9(17(2)5-8(13)14)15-11(12)16-10(7)18-6/h4,8H,3,5H2,1-2H3. The van der Waals surface area contributed by atoms with Gasteiger partial charge in [-0.1, -0.05) is 6.92 Å². The first-order chi connectivity index (χ1) is 8.51. The minimum atomic E-state index is -2.41. The second-order valence-electron chi connectivity index (χ2n) is 3.87. The number of halogens is 3. The molecular weight excluding hydrogens is 280 g/mol. The van der Waals surface area contributed by atoms with Gasteiger partial charge in [0.1, 0.15) is 10.6 Å². The van der Waals surface area contributed by atoms with E-state index in [4.69, 9.17) is 11.6 Å². The summed E-state index contributed by atoms with van der Waals surface area (Å²) in [4.78, 5) is 11.5. The number of rotatable bonds is 4. The molecule has 2 rings (SSSR count). The van der Waals surface area contributed by atoms with E-state index in [1.54, 1.807) is 7.05 Å². The van der Waals surface area contributed by atoms with Crippen molar-refractivity contribution in [3.05, 3.63) is 16.2 Å². The van der Waals surface area contributed by atoms with Crippen LogP contribution in [0, 0.1) is 0 Å². The zero-order chi connectivity index (χ0) is 13.3. The van der Waals surface area contributed by atoms with Gasteiger partial charge in [-0.2, -0.15) is 4.98 Å². The average Bonchev–Trinajstić information content (AvgIpc) is 2.69. The second kappa shape index (κ2) is 5.32. The molecule has 0 spiro atoms. The highest BCUT2D eigenvalue weighted by Crippen LogP contribution is 2.32. The van der Waals surface area contributed by atoms with Crippen molar-refractivity contribution >= 4 is 39.0 Å². The van der Waals surface area contributed by atoms with Crippen LogP contribution in [0.3, 0.4) is 0 Å². The molecule has 0 N–H and O–H groups in total. The van der Waals surface area contributed by atoms with Gasteiger partial charge < -0.3 is 4.90 Å². The molecule has 0 aromatic carbocycles. The van der Waals surface area contributed by atoms with E-state index in [1.807, 2.05) is 13.0 Å². The molecule has 98 valence electrons. The summed E-state index contributed by atoms with van der Waals surface area (Å²) in [6.45, 7) is 1.65. The summed E-state index contributed by atoms with van der Waals surface area (Å²) < 4.78 is 24.9. The maximum atomic E-state index is 12.4. The van der Waals surface area contributed by atoms with E-state index in [9.17, 15) is 8.78 Å². The van der Waals surface area contributed by atoms with E-state index in [0.29, 0.717) is 5.82 Å². The van der Waals surface area contributed by atoms with Crippen LogP contribution in [0.25, 0.3) is 10.2 Å². The Labute approximate surface area is 112 Å². The van der Waals surface area contributed by atoms with E-state index < -0.39 is 6.43 Å². The maximum absolute atomic E-state index is 12.4. The SMILES string of the molecule is CCc1cc2c(N(C)CC(F)F)nc(Cl)nc2s1. The lowest BCUT2D eigenvalue weighted by Gasteiger charge is -2.18. The van der Waals surface area contributed by atoms with E-state index in [1.165, 1.54) is 16.2 Å². The molecular formula is C11H12ClF2N3S. The summed E-state index contributed by atoms with van der Waals surface area (Å²) in [5.74, 6) is 0.459. The Bertz CT molecular complexity index is 558. The van der Waals surface area contributed by atoms with Crippen molar-refractivity contribution in [3.8, 4) is 0 Å². The van der Waals surface area contributed by atoms with Crippen LogP contribution in [0.1, 0.15) is 11.8 Å². The molecule has 0 atom stereocenters. The molecule has 0 aliphatic carbocycles. The Morgan fingerprint density at radius 1 is 1.44 bits per heavy atom. The summed E-state index contributed by atoms with van der Waals surface area (Å²) in [5, 5.41) is 0.868. The first kappa shape index (κ1) is 13.4. The average molecular weight is 292 g/mol. The normalized spacial score (nSPS) is 11.4. The van der Waals surface area contributed by atoms with Crippen LogP contribution in [0.15, 0.2) is 6.07 Å². The van der Waals surface area contributed by atoms with Crippen molar-refractivity contribution in [2.45, 2.75) is 19.8 Å². The van der Waals surface area contributed by atoms with Gasteiger partial charge in [0.25, 0.3) is 6.43 Å². The Kier molecular flexibility index (Phi) is 3.97. The molecule has 3 nitrogen and oxygen atoms in total. The number of hydrogen-bond acceptors (Lipinski definition) is 4. The highest BCUT2D eigenvalue weighted by atomic mass is 35.5. The molecule has 0 aliphatic heterocycles. The fraction of sp³-hybridized carbons (Fsp3) is 0.455. The van der Waals surface area contributed by atoms with Crippen molar-refractivity contribution < 1.29 is 8.78 Å². The number of anilines is 1. The van der Waals surface area contributed by atoms with Crippen molar-refractivity contribution in [1.29, 1.82) is 0 Å². The predicted molar refractivity (Wildman–Crippen MR) is 71.1 cm³/mol. The van der Waals surface area contributed by atoms with Crippen LogP contribution >= 0.6 is 22.9 Å². The Hall–Kier alpha value is -1.01. The van der Waals surface area contributed by atoms with Gasteiger partial charge in [-0.15, -0.1) is 11.3 Å². The molecule has 0 bridgehead atoms. The maximum Gasteiger partial charge on any atom is 0.255 e. The monoisotopic (exact) mass is 291 g/mol. The number of alkyl halides is 2. The third-order valence-corrected chi connectivity index (χ3v) is 3.86. The van der Waals surface area contributed by atoms with Gasteiger partial charge in [-0.25, -0.2) is 13.8 Å². The molecule has 0 aliphatic rings. The third kappa shape index (κ3) is 2.70. The Morgan fingerprint density at radius 3 is 2.78 bits per heavy atom. The van der Waals surface area contributed by atoms with Gasteiger partial charge in [0.05, 0.1) is 11.9 Å². The van der Waals surface area contributed by atoms with E-state index in [0.717, 1.165) is 21.5 Å². The molecule has 0 saturated carbocycles. The molecule has 2 aromatic rings. The summed E-state index contributed by atoms with van der Waals surface area (Å²) in [5.41, 5.74) is 0. The highest BCUT2D eigenvalue weighted by molar-refractivity contribution is 7.18. The van der Waals surface area contributed by atoms with Crippen LogP contribution in [-0.4, -0.2) is 30.0 Å². The van der Waals surface area contributed by atoms with Crippen molar-refractivity contribution in [3.63, 3.8) is 0 Å². The number of hydrogen-bond donors (Lipinski definition) is 0. The van der Waals surface area contributed by atoms with Crippen LogP contribution in [0.2, 0.25) is 5.28 Å². The molecule has 0 radical (unpaired) electrons. The van der Waals surface area contributed by atoms with Gasteiger partial charge in [-0.3, -0.25) is 0 Å². The lowest BCUT2D eigenvalue weighted by Crippen LogP contribution is -2.25. The fourth-order valence-electron chi connectivity index (χ4n) is 1.69. The molecule has 0 saturated heterocycles. The minimum absolute atomic E-state index is 0.0862. The van der Waals surface area contributed by atoms with Gasteiger partial charge >= 0.3 is 0 Å². The number of nitrogens with zero attached hydrogens (tertiary/aromatic N) is 3. The van der Waals surface area contributed by atoms with E-state index >= 15 is 0 Å². The Balaban J connectivity index is 2.50. The predicted octanol–water partition coefficient (Wildman–Crippen LogP) is 3.61. The summed E-state index contributed by atoms with van der Waals surface area (Å²) in [7, 11) is 1.58. The molecule has 2 heterocycles. The van der Waals surface area contributed by atoms with E-state index in [-0.39, 0.29) is 11.8 Å². The summed E-state index contributed by atoms with van der Waals surface area (Å²) in [6.07, 6.45) is -1.54. The van der Waals surface area contributed by atoms with E-state index in [2.05, 4.69) is 9.97 Å². The highest BCUT2D eigenvalue weighted by Gasteiger charge is 2.16. The van der Waals surface area contributed by atoms with Gasteiger partial charge in [-0.05, 0) is 24.1 Å². The zero-order valence-corrected chi connectivity index (χ0v) is 11.5. The smallest absolute Gasteiger partial charge is 0.255 e. The first-order valence-corrected chi connectivity index (χ1v) is 6.66. The van der Waals surface area contributed by atoms with Gasteiger partial charge in [0.2, 0.25) is 5.28 Å². The molecule has 18 heavy (non-hydrogen) atoms. The molecule has 0 unspecified atom stereocenters. The van der Waals surface area contributed by atoms with Crippen LogP contribution in [0.5, 0.6) is 0 Å². The van der Waals surface area contributed by atoms with Crippen molar-refractivity contribution in [1.82, 2.24) is 9.97 Å². The molecule has 2 aromatic heterocycles. The lowest BCUT2D eigenvalue weighted by atomic mass is 10.3. The topological polar surface area (TPSA) is 29.0 Å². The number of thiophene rings is 1. The zero-order valence-electron chi connectivity index (χ0n) is 9.95. The van der Waals surface area contributed by atoms with Crippen molar-refractivity contribution in [2.75, 3.05) is 18.5 Å². The molecule has 0 fully saturated rings. The lowest BCUT2D eigenvalue weighted by molar-refractivity contribution is 0.156. The van der Waals surface area contributed by atoms with Crippen molar-refractivity contribution in [2.24, 2.45) is 0 Å². The minimum Gasteiger partial charge on any atom is -0.353 e. The summed E-state index contributed by atoms with van der Waals surface area (Å²) >= 11 is 7.34. The third-order valence-electron chi connectivity index (χ3n) is 2.52. The van der Waals surface area contributed by atoms with Crippen LogP contribution in [0.4, 0.5) is 14.6 Å². The second-order valence-corrected chi connectivity index (χ2v) is 5.33. The molecule has 0 amide bonds. The number of aromatic nitrogens is 2. The summed E-state index contributed by atoms with van der Waals surface area (Å²) in [6, 6.07) is 1.94. The Morgan fingerprint density at radius 2 is 2.17 bits per heavy atom. The first-order valence-electron chi connectivity index (χ1n) is 5.46. The molecule has 7 heteroatoms. The fourth-order valence-corrected chi connectivity index (χ4v) is 2.87. The van der Waals surface area contributed by atoms with Gasteiger partial charge in [0.15, 0.2) is 0 Å². The quantitative estimate of drug-likeness (QED) is 0.806.